The molecule has 2 fully saturated rings. The van der Waals surface area contributed by atoms with Gasteiger partial charge >= 0.3 is 18.0 Å². The van der Waals surface area contributed by atoms with Crippen molar-refractivity contribution in [3.63, 3.8) is 0 Å². The quantitative estimate of drug-likeness (QED) is 0.0480. The van der Waals surface area contributed by atoms with E-state index in [1.165, 1.54) is 0 Å². The van der Waals surface area contributed by atoms with E-state index in [1.54, 1.807) is 0 Å². The Kier molecular flexibility index (Phi) is 10.7. The summed E-state index contributed by atoms with van der Waals surface area (Å²) in [6.07, 6.45) is 3.39. The third kappa shape index (κ3) is 7.86. The van der Waals surface area contributed by atoms with E-state index in [9.17, 15) is 14.4 Å². The van der Waals surface area contributed by atoms with Crippen LogP contribution in [0.15, 0.2) is 0 Å². The van der Waals surface area contributed by atoms with Crippen molar-refractivity contribution in [1.82, 2.24) is 16.0 Å². The van der Waals surface area contributed by atoms with Crippen LogP contribution in [0.4, 0.5) is 4.79 Å². The monoisotopic (exact) mass is 456 g/mol. The number of amides is 2. The van der Waals surface area contributed by atoms with Gasteiger partial charge in [0, 0.05) is 41.0 Å². The molecule has 0 aromatic carbocycles. The maximum Gasteiger partial charge on any atom is 0.330 e. The summed E-state index contributed by atoms with van der Waals surface area (Å²) in [7, 11) is 0. The van der Waals surface area contributed by atoms with Gasteiger partial charge < -0.3 is 32.2 Å². The molecule has 28 heavy (non-hydrogen) atoms. The van der Waals surface area contributed by atoms with Crippen LogP contribution in [0, 0.1) is 5.41 Å². The molecular formula is C16H28FeN6O4S. The summed E-state index contributed by atoms with van der Waals surface area (Å²) in [5.41, 5.74) is 10.8. The van der Waals surface area contributed by atoms with E-state index in [2.05, 4.69) is 16.0 Å². The van der Waals surface area contributed by atoms with Gasteiger partial charge in [-0.15, -0.1) is 0 Å². The second kappa shape index (κ2) is 12.2. The zero-order chi connectivity index (χ0) is 19.8. The van der Waals surface area contributed by atoms with E-state index in [4.69, 9.17) is 21.6 Å². The molecule has 0 unspecified atom stereocenters. The van der Waals surface area contributed by atoms with E-state index < -0.39 is 18.0 Å². The molecule has 0 bridgehead atoms. The number of esters is 2. The minimum Gasteiger partial charge on any atom is -0.392 e. The van der Waals surface area contributed by atoms with Crippen molar-refractivity contribution in [2.24, 2.45) is 11.5 Å². The molecule has 0 aromatic heterocycles. The second-order valence-electron chi connectivity index (χ2n) is 6.75. The second-order valence-corrected chi connectivity index (χ2v) is 8.02. The number of nitrogens with one attached hydrogen (secondary N) is 4. The molecule has 10 nitrogen and oxygen atoms in total. The molecule has 0 aromatic rings. The first-order valence-electron chi connectivity index (χ1n) is 9.13. The number of urea groups is 1. The van der Waals surface area contributed by atoms with Crippen molar-refractivity contribution in [2.45, 2.75) is 61.9 Å². The minimum atomic E-state index is -0.868. The Hall–Kier alpha value is -1.49. The van der Waals surface area contributed by atoms with E-state index in [-0.39, 0.29) is 47.6 Å². The Morgan fingerprint density at radius 1 is 1.32 bits per heavy atom. The number of fused-ring (bicyclic) bond motifs is 1. The number of unbranched alkanes of at least 4 members (excludes halogenated alkanes) is 1. The van der Waals surface area contributed by atoms with E-state index in [0.29, 0.717) is 31.1 Å². The predicted molar refractivity (Wildman–Crippen MR) is 102 cm³/mol. The predicted octanol–water partition coefficient (Wildman–Crippen LogP) is -0.630. The van der Waals surface area contributed by atoms with Crippen LogP contribution in [0.3, 0.4) is 0 Å². The molecular weight excluding hydrogens is 428 g/mol. The van der Waals surface area contributed by atoms with Gasteiger partial charge in [0.15, 0.2) is 5.96 Å². The number of thioether (sulfide) groups is 1. The molecule has 2 saturated heterocycles. The Labute approximate surface area is 179 Å². The first kappa shape index (κ1) is 24.5. The molecule has 0 aliphatic carbocycles. The molecule has 2 aliphatic rings. The summed E-state index contributed by atoms with van der Waals surface area (Å²) in [6, 6.07) is -0.618. The first-order valence-corrected chi connectivity index (χ1v) is 10.2. The van der Waals surface area contributed by atoms with Gasteiger partial charge in [-0.05, 0) is 25.7 Å². The van der Waals surface area contributed by atoms with Gasteiger partial charge in [0.25, 0.3) is 0 Å². The van der Waals surface area contributed by atoms with Crippen LogP contribution in [0.5, 0.6) is 0 Å². The van der Waals surface area contributed by atoms with Crippen molar-refractivity contribution in [3.8, 4) is 0 Å². The van der Waals surface area contributed by atoms with Crippen LogP contribution < -0.4 is 27.4 Å². The standard InChI is InChI=1S/C16H28N6O4S.Fe/c17-9(4-3-7-20-15(18)19)14(24)26-12(23)6-2-1-5-11-13-10(8-27-11)21-16(25)22-13;/h9-11,13H,1-8,17H2,(H4,18,19,20)(H2,21,22,25);/t9-,10-,11-,13-;/m0./s1. The Morgan fingerprint density at radius 2 is 2.07 bits per heavy atom. The van der Waals surface area contributed by atoms with Gasteiger partial charge in [-0.25, -0.2) is 9.59 Å². The van der Waals surface area contributed by atoms with Gasteiger partial charge in [-0.1, -0.05) is 6.42 Å². The first-order chi connectivity index (χ1) is 12.9. The number of hydrogen-bond donors (Lipinski definition) is 6. The van der Waals surface area contributed by atoms with Crippen LogP contribution in [-0.4, -0.2) is 59.6 Å². The number of carbonyl (C=O) groups excluding carboxylic acids is 3. The van der Waals surface area contributed by atoms with Crippen molar-refractivity contribution in [3.05, 3.63) is 0 Å². The van der Waals surface area contributed by atoms with Gasteiger partial charge in [-0.2, -0.15) is 11.8 Å². The Balaban J connectivity index is 0.00000392. The minimum absolute atomic E-state index is 0. The fourth-order valence-electron chi connectivity index (χ4n) is 3.16. The molecule has 12 heteroatoms. The average molecular weight is 456 g/mol. The summed E-state index contributed by atoms with van der Waals surface area (Å²) < 4.78 is 4.78. The summed E-state index contributed by atoms with van der Waals surface area (Å²) in [5, 5.41) is 15.8. The van der Waals surface area contributed by atoms with E-state index in [1.807, 2.05) is 11.8 Å². The number of ether oxygens (including phenoxy) is 1. The smallest absolute Gasteiger partial charge is 0.330 e. The summed E-state index contributed by atoms with van der Waals surface area (Å²) in [5.74, 6) is -0.522. The van der Waals surface area contributed by atoms with Crippen molar-refractivity contribution in [1.29, 1.82) is 5.41 Å². The average Bonchev–Trinajstić information content (AvgIpc) is 3.14. The Morgan fingerprint density at radius 3 is 2.79 bits per heavy atom. The third-order valence-electron chi connectivity index (χ3n) is 4.58. The van der Waals surface area contributed by atoms with Crippen LogP contribution in [0.1, 0.15) is 38.5 Å². The molecule has 0 spiro atoms. The van der Waals surface area contributed by atoms with Gasteiger partial charge in [-0.3, -0.25) is 10.2 Å². The Bertz CT molecular complexity index is 581. The number of carbonyl (C=O) groups is 3. The van der Waals surface area contributed by atoms with Crippen molar-refractivity contribution < 1.29 is 36.2 Å². The maximum atomic E-state index is 11.8. The molecule has 8 N–H and O–H groups in total. The number of hydrogen-bond acceptors (Lipinski definition) is 7. The van der Waals surface area contributed by atoms with Crippen LogP contribution in [0.25, 0.3) is 0 Å². The summed E-state index contributed by atoms with van der Waals surface area (Å²) in [4.78, 5) is 34.9. The zero-order valence-corrected chi connectivity index (χ0v) is 17.4. The fraction of sp³-hybridized carbons (Fsp3) is 0.750. The number of rotatable bonds is 10. The zero-order valence-electron chi connectivity index (χ0n) is 15.5. The molecule has 160 valence electrons. The van der Waals surface area contributed by atoms with Crippen LogP contribution >= 0.6 is 11.8 Å². The molecule has 0 saturated carbocycles. The van der Waals surface area contributed by atoms with Gasteiger partial charge in [0.1, 0.15) is 6.04 Å². The van der Waals surface area contributed by atoms with Crippen LogP contribution in [-0.2, 0) is 31.4 Å². The normalized spacial score (nSPS) is 23.6. The fourth-order valence-corrected chi connectivity index (χ4v) is 4.70. The topological polar surface area (TPSA) is 172 Å². The molecule has 4 atom stereocenters. The number of guanidine groups is 1. The largest absolute Gasteiger partial charge is 0.392 e. The summed E-state index contributed by atoms with van der Waals surface area (Å²) in [6.45, 7) is 0.432. The molecule has 2 aliphatic heterocycles. The van der Waals surface area contributed by atoms with E-state index >= 15 is 0 Å². The van der Waals surface area contributed by atoms with Gasteiger partial charge in [0.2, 0.25) is 0 Å². The maximum absolute atomic E-state index is 11.8. The van der Waals surface area contributed by atoms with Crippen molar-refractivity contribution >= 4 is 35.7 Å². The third-order valence-corrected chi connectivity index (χ3v) is 6.09. The van der Waals surface area contributed by atoms with E-state index in [0.717, 1.165) is 18.6 Å². The molecule has 2 amide bonds. The van der Waals surface area contributed by atoms with Gasteiger partial charge in [0.05, 0.1) is 12.1 Å². The SMILES string of the molecule is N=C(N)NCCC[C@H](N)C(=O)OC(=O)CCCC[C@@H]1SC[C@@H]2NC(=O)N[C@@H]21.[Fe]. The molecule has 2 rings (SSSR count). The molecule has 0 radical (unpaired) electrons. The van der Waals surface area contributed by atoms with Crippen LogP contribution in [0.2, 0.25) is 0 Å². The van der Waals surface area contributed by atoms with Crippen molar-refractivity contribution in [2.75, 3.05) is 12.3 Å². The number of nitrogens with two attached hydrogens (primary N) is 2. The summed E-state index contributed by atoms with van der Waals surface area (Å²) >= 11 is 1.83. The molecule has 2 heterocycles.